The monoisotopic (exact) mass is 351 g/mol. The summed E-state index contributed by atoms with van der Waals surface area (Å²) in [5, 5.41) is 9.80. The molecule has 6 heteroatoms. The van der Waals surface area contributed by atoms with Crippen LogP contribution in [0, 0.1) is 0 Å². The number of hydrogen-bond donors (Lipinski definition) is 1. The van der Waals surface area contributed by atoms with Crippen LogP contribution in [-0.4, -0.2) is 63.5 Å². The molecule has 2 fully saturated rings. The first-order valence-electron chi connectivity index (χ1n) is 8.78. The maximum atomic E-state index is 12.4. The molecule has 3 atom stereocenters. The van der Waals surface area contributed by atoms with Crippen LogP contribution in [0.2, 0.25) is 0 Å². The summed E-state index contributed by atoms with van der Waals surface area (Å²) in [6.07, 6.45) is 3.53. The molecule has 0 saturated carbocycles. The minimum Gasteiger partial charge on any atom is -0.394 e. The number of amides is 2. The van der Waals surface area contributed by atoms with E-state index in [1.807, 2.05) is 12.1 Å². The van der Waals surface area contributed by atoms with Crippen molar-refractivity contribution < 1.29 is 14.7 Å². The summed E-state index contributed by atoms with van der Waals surface area (Å²) in [7, 11) is 0. The van der Waals surface area contributed by atoms with E-state index in [1.54, 1.807) is 22.2 Å². The van der Waals surface area contributed by atoms with Crippen LogP contribution < -0.4 is 0 Å². The molecular formula is C20H21N3O3. The smallest absolute Gasteiger partial charge is 0.242 e. The molecule has 2 aromatic rings. The number of carbonyl (C=O) groups is 2. The zero-order chi connectivity index (χ0) is 18.3. The van der Waals surface area contributed by atoms with E-state index in [1.165, 1.54) is 6.92 Å². The molecule has 0 radical (unpaired) electrons. The van der Waals surface area contributed by atoms with Crippen molar-refractivity contribution in [2.24, 2.45) is 0 Å². The highest BCUT2D eigenvalue weighted by molar-refractivity contribution is 5.87. The van der Waals surface area contributed by atoms with E-state index in [2.05, 4.69) is 29.2 Å². The number of rotatable bonds is 3. The number of piperazine rings is 1. The quantitative estimate of drug-likeness (QED) is 0.904. The number of aromatic nitrogens is 1. The average Bonchev–Trinajstić information content (AvgIpc) is 2.64. The van der Waals surface area contributed by atoms with Crippen LogP contribution in [0.3, 0.4) is 0 Å². The number of aliphatic hydroxyl groups is 1. The molecule has 4 rings (SSSR count). The molecule has 0 unspecified atom stereocenters. The first-order valence-corrected chi connectivity index (χ1v) is 8.78. The number of fused-ring (bicyclic) bond motifs is 1. The Labute approximate surface area is 152 Å². The second kappa shape index (κ2) is 6.53. The van der Waals surface area contributed by atoms with E-state index in [9.17, 15) is 14.7 Å². The first kappa shape index (κ1) is 16.7. The second-order valence-corrected chi connectivity index (χ2v) is 6.90. The van der Waals surface area contributed by atoms with Gasteiger partial charge in [-0.05, 0) is 28.8 Å². The maximum Gasteiger partial charge on any atom is 0.242 e. The summed E-state index contributed by atoms with van der Waals surface area (Å²) in [4.78, 5) is 31.5. The summed E-state index contributed by atoms with van der Waals surface area (Å²) in [6, 6.07) is 11.8. The largest absolute Gasteiger partial charge is 0.394 e. The fourth-order valence-electron chi connectivity index (χ4n) is 4.18. The first-order chi connectivity index (χ1) is 12.6. The van der Waals surface area contributed by atoms with E-state index in [0.29, 0.717) is 6.54 Å². The van der Waals surface area contributed by atoms with Crippen LogP contribution >= 0.6 is 0 Å². The average molecular weight is 351 g/mol. The Morgan fingerprint density at radius 2 is 1.81 bits per heavy atom. The number of benzene rings is 1. The maximum absolute atomic E-state index is 12.4. The van der Waals surface area contributed by atoms with Gasteiger partial charge in [-0.3, -0.25) is 14.6 Å². The molecule has 2 saturated heterocycles. The third kappa shape index (κ3) is 2.66. The van der Waals surface area contributed by atoms with E-state index in [4.69, 9.17) is 0 Å². The SMILES string of the molecule is CC(=O)N1CC(=O)N2[C@H](CO)[C@H](c3ccc(-c4ccncc4)cc3)[C@@H]2C1. The van der Waals surface area contributed by atoms with Gasteiger partial charge in [0.15, 0.2) is 0 Å². The van der Waals surface area contributed by atoms with Gasteiger partial charge in [0.1, 0.15) is 0 Å². The molecule has 0 aliphatic carbocycles. The van der Waals surface area contributed by atoms with Gasteiger partial charge in [-0.15, -0.1) is 0 Å². The van der Waals surface area contributed by atoms with Crippen molar-refractivity contribution in [3.63, 3.8) is 0 Å². The summed E-state index contributed by atoms with van der Waals surface area (Å²) >= 11 is 0. The lowest BCUT2D eigenvalue weighted by Gasteiger charge is -2.58. The summed E-state index contributed by atoms with van der Waals surface area (Å²) < 4.78 is 0. The lowest BCUT2D eigenvalue weighted by Crippen LogP contribution is -2.73. The Morgan fingerprint density at radius 1 is 1.15 bits per heavy atom. The van der Waals surface area contributed by atoms with Gasteiger partial charge in [0.05, 0.1) is 25.2 Å². The highest BCUT2D eigenvalue weighted by Gasteiger charge is 2.54. The molecule has 134 valence electrons. The van der Waals surface area contributed by atoms with Crippen LogP contribution in [0.1, 0.15) is 18.4 Å². The van der Waals surface area contributed by atoms with Gasteiger partial charge in [-0.25, -0.2) is 0 Å². The van der Waals surface area contributed by atoms with E-state index in [0.717, 1.165) is 16.7 Å². The molecule has 1 aromatic carbocycles. The van der Waals surface area contributed by atoms with Crippen LogP contribution in [0.5, 0.6) is 0 Å². The Hall–Kier alpha value is -2.73. The Bertz CT molecular complexity index is 822. The minimum atomic E-state index is -0.214. The van der Waals surface area contributed by atoms with E-state index in [-0.39, 0.29) is 43.0 Å². The molecule has 2 aliphatic heterocycles. The minimum absolute atomic E-state index is 0.0394. The van der Waals surface area contributed by atoms with Gasteiger partial charge in [-0.2, -0.15) is 0 Å². The zero-order valence-corrected chi connectivity index (χ0v) is 14.6. The van der Waals surface area contributed by atoms with Crippen molar-refractivity contribution in [3.8, 4) is 11.1 Å². The van der Waals surface area contributed by atoms with Crippen LogP contribution in [0.25, 0.3) is 11.1 Å². The lowest BCUT2D eigenvalue weighted by atomic mass is 9.73. The van der Waals surface area contributed by atoms with Gasteiger partial charge < -0.3 is 14.9 Å². The molecule has 0 spiro atoms. The van der Waals surface area contributed by atoms with Crippen molar-refractivity contribution >= 4 is 11.8 Å². The Morgan fingerprint density at radius 3 is 2.42 bits per heavy atom. The molecule has 2 amide bonds. The predicted octanol–water partition coefficient (Wildman–Crippen LogP) is 1.27. The summed E-state index contributed by atoms with van der Waals surface area (Å²) in [5.74, 6) is -0.130. The van der Waals surface area contributed by atoms with Crippen molar-refractivity contribution in [2.45, 2.75) is 24.9 Å². The zero-order valence-electron chi connectivity index (χ0n) is 14.6. The summed E-state index contributed by atoms with van der Waals surface area (Å²) in [5.41, 5.74) is 3.27. The Kier molecular flexibility index (Phi) is 4.20. The third-order valence-electron chi connectivity index (χ3n) is 5.51. The van der Waals surface area contributed by atoms with Crippen molar-refractivity contribution in [2.75, 3.05) is 19.7 Å². The van der Waals surface area contributed by atoms with Crippen LogP contribution in [0.15, 0.2) is 48.8 Å². The van der Waals surface area contributed by atoms with Gasteiger partial charge in [0, 0.05) is 31.8 Å². The molecule has 2 aliphatic rings. The standard InChI is InChI=1S/C20H21N3O3/c1-13(25)22-10-17-20(18(12-24)23(17)19(26)11-22)16-4-2-14(3-5-16)15-6-8-21-9-7-15/h2-9,17-18,20,24H,10-12H2,1H3/t17-,18+,20+/m0/s1. The fourth-order valence-corrected chi connectivity index (χ4v) is 4.18. The Balaban J connectivity index is 1.60. The highest BCUT2D eigenvalue weighted by Crippen LogP contribution is 2.43. The van der Waals surface area contributed by atoms with Gasteiger partial charge >= 0.3 is 0 Å². The summed E-state index contributed by atoms with van der Waals surface area (Å²) in [6.45, 7) is 2.05. The fraction of sp³-hybridized carbons (Fsp3) is 0.350. The topological polar surface area (TPSA) is 73.7 Å². The highest BCUT2D eigenvalue weighted by atomic mass is 16.3. The molecular weight excluding hydrogens is 330 g/mol. The van der Waals surface area contributed by atoms with Crippen LogP contribution in [0.4, 0.5) is 0 Å². The molecule has 3 heterocycles. The molecule has 0 bridgehead atoms. The number of aliphatic hydroxyl groups excluding tert-OH is 1. The molecule has 26 heavy (non-hydrogen) atoms. The van der Waals surface area contributed by atoms with Gasteiger partial charge in [-0.1, -0.05) is 24.3 Å². The van der Waals surface area contributed by atoms with Crippen molar-refractivity contribution in [3.05, 3.63) is 54.4 Å². The van der Waals surface area contributed by atoms with Crippen molar-refractivity contribution in [1.82, 2.24) is 14.8 Å². The van der Waals surface area contributed by atoms with Crippen LogP contribution in [-0.2, 0) is 9.59 Å². The number of hydrogen-bond acceptors (Lipinski definition) is 4. The van der Waals surface area contributed by atoms with Gasteiger partial charge in [0.2, 0.25) is 11.8 Å². The molecule has 6 nitrogen and oxygen atoms in total. The third-order valence-corrected chi connectivity index (χ3v) is 5.51. The van der Waals surface area contributed by atoms with Gasteiger partial charge in [0.25, 0.3) is 0 Å². The molecule has 1 N–H and O–H groups in total. The lowest BCUT2D eigenvalue weighted by molar-refractivity contribution is -0.166. The number of carbonyl (C=O) groups excluding carboxylic acids is 2. The van der Waals surface area contributed by atoms with Crippen molar-refractivity contribution in [1.29, 1.82) is 0 Å². The number of pyridine rings is 1. The second-order valence-electron chi connectivity index (χ2n) is 6.90. The predicted molar refractivity (Wildman–Crippen MR) is 96.2 cm³/mol. The number of nitrogens with zero attached hydrogens (tertiary/aromatic N) is 3. The molecule has 1 aromatic heterocycles. The van der Waals surface area contributed by atoms with E-state index >= 15 is 0 Å². The van der Waals surface area contributed by atoms with E-state index < -0.39 is 0 Å². The normalized spacial score (nSPS) is 24.8.